The molecule has 1 aliphatic rings. The predicted molar refractivity (Wildman–Crippen MR) is 110 cm³/mol. The number of piperazine rings is 1. The van der Waals surface area contributed by atoms with Gasteiger partial charge in [0.25, 0.3) is 0 Å². The molecule has 152 valence electrons. The van der Waals surface area contributed by atoms with Gasteiger partial charge in [0.2, 0.25) is 5.91 Å². The van der Waals surface area contributed by atoms with Gasteiger partial charge in [-0.15, -0.1) is 11.3 Å². The largest absolute Gasteiger partial charge is 0.364 e. The summed E-state index contributed by atoms with van der Waals surface area (Å²) >= 11 is 1.76. The lowest BCUT2D eigenvalue weighted by atomic mass is 10.3. The lowest BCUT2D eigenvalue weighted by molar-refractivity contribution is -0.127. The van der Waals surface area contributed by atoms with E-state index in [1.54, 1.807) is 36.6 Å². The number of likely N-dealkylation sites (N-methyl/N-ethyl adjacent to an activating group) is 1. The van der Waals surface area contributed by atoms with Crippen molar-refractivity contribution in [3.05, 3.63) is 40.4 Å². The van der Waals surface area contributed by atoms with Crippen LogP contribution in [0.5, 0.6) is 0 Å². The number of nitrogens with zero attached hydrogens (tertiary/aromatic N) is 5. The summed E-state index contributed by atoms with van der Waals surface area (Å²) in [7, 11) is 3.51. The van der Waals surface area contributed by atoms with Crippen LogP contribution in [-0.2, 0) is 17.8 Å². The average molecular weight is 405 g/mol. The SMILES string of the molecule is CN(C)C(=O)CN=C(NCCc1cccs1)N1CCN(Cc2ccon2)CC1. The number of carbonyl (C=O) groups excluding carboxylic acids is 1. The number of aromatic nitrogens is 1. The number of hydrogen-bond acceptors (Lipinski definition) is 6. The van der Waals surface area contributed by atoms with Gasteiger partial charge in [0.1, 0.15) is 12.8 Å². The van der Waals surface area contributed by atoms with Gasteiger partial charge >= 0.3 is 0 Å². The van der Waals surface area contributed by atoms with Crippen LogP contribution >= 0.6 is 11.3 Å². The third-order valence-corrected chi connectivity index (χ3v) is 5.58. The molecule has 0 spiro atoms. The molecule has 9 heteroatoms. The topological polar surface area (TPSA) is 77.2 Å². The maximum absolute atomic E-state index is 12.0. The van der Waals surface area contributed by atoms with Crippen LogP contribution in [0.15, 0.2) is 39.4 Å². The zero-order valence-corrected chi connectivity index (χ0v) is 17.3. The molecule has 0 radical (unpaired) electrons. The molecule has 0 bridgehead atoms. The maximum atomic E-state index is 12.0. The standard InChI is InChI=1S/C19H28N6O2S/c1-23(2)18(26)14-21-19(20-7-5-17-4-3-13-28-17)25-10-8-24(9-11-25)15-16-6-12-27-22-16/h3-4,6,12-13H,5,7-11,14-15H2,1-2H3,(H,20,21). The fraction of sp³-hybridized carbons (Fsp3) is 0.526. The van der Waals surface area contributed by atoms with Gasteiger partial charge in [-0.2, -0.15) is 0 Å². The summed E-state index contributed by atoms with van der Waals surface area (Å²) in [5.74, 6) is 0.815. The summed E-state index contributed by atoms with van der Waals surface area (Å²) in [5, 5.41) is 9.53. The van der Waals surface area contributed by atoms with Crippen LogP contribution in [-0.4, -0.2) is 85.1 Å². The molecule has 1 N–H and O–H groups in total. The summed E-state index contributed by atoms with van der Waals surface area (Å²) in [6.45, 7) is 5.31. The number of rotatable bonds is 7. The van der Waals surface area contributed by atoms with Gasteiger partial charge in [0.05, 0.1) is 5.69 Å². The van der Waals surface area contributed by atoms with Gasteiger partial charge in [-0.05, 0) is 17.9 Å². The zero-order chi connectivity index (χ0) is 19.8. The van der Waals surface area contributed by atoms with Crippen molar-refractivity contribution in [1.29, 1.82) is 0 Å². The highest BCUT2D eigenvalue weighted by Gasteiger charge is 2.21. The minimum Gasteiger partial charge on any atom is -0.364 e. The Morgan fingerprint density at radius 3 is 2.79 bits per heavy atom. The average Bonchev–Trinajstić information content (AvgIpc) is 3.39. The second-order valence-electron chi connectivity index (χ2n) is 6.94. The third kappa shape index (κ3) is 6.07. The number of amides is 1. The molecule has 1 saturated heterocycles. The summed E-state index contributed by atoms with van der Waals surface area (Å²) in [5.41, 5.74) is 0.952. The molecule has 3 rings (SSSR count). The summed E-state index contributed by atoms with van der Waals surface area (Å²) in [6, 6.07) is 6.11. The summed E-state index contributed by atoms with van der Waals surface area (Å²) < 4.78 is 4.91. The molecule has 0 atom stereocenters. The van der Waals surface area contributed by atoms with Crippen LogP contribution in [0.4, 0.5) is 0 Å². The molecule has 1 aliphatic heterocycles. The summed E-state index contributed by atoms with van der Waals surface area (Å²) in [6.07, 6.45) is 2.56. The fourth-order valence-electron chi connectivity index (χ4n) is 2.97. The smallest absolute Gasteiger partial charge is 0.243 e. The highest BCUT2D eigenvalue weighted by Crippen LogP contribution is 2.09. The van der Waals surface area contributed by atoms with Crippen molar-refractivity contribution in [3.8, 4) is 0 Å². The molecule has 28 heavy (non-hydrogen) atoms. The number of aliphatic imine (C=N–C) groups is 1. The first kappa shape index (κ1) is 20.3. The number of nitrogens with one attached hydrogen (secondary N) is 1. The van der Waals surface area contributed by atoms with Crippen LogP contribution in [0, 0.1) is 0 Å². The van der Waals surface area contributed by atoms with Crippen LogP contribution in [0.2, 0.25) is 0 Å². The monoisotopic (exact) mass is 404 g/mol. The number of thiophene rings is 1. The van der Waals surface area contributed by atoms with Crippen LogP contribution in [0.25, 0.3) is 0 Å². The first-order valence-corrected chi connectivity index (χ1v) is 10.4. The van der Waals surface area contributed by atoms with Gasteiger partial charge in [-0.1, -0.05) is 11.2 Å². The molecule has 1 amide bonds. The Bertz CT molecular complexity index is 737. The van der Waals surface area contributed by atoms with Crippen molar-refractivity contribution in [2.75, 3.05) is 53.4 Å². The van der Waals surface area contributed by atoms with Gasteiger partial charge in [0.15, 0.2) is 5.96 Å². The quantitative estimate of drug-likeness (QED) is 0.551. The van der Waals surface area contributed by atoms with E-state index in [0.717, 1.165) is 57.3 Å². The van der Waals surface area contributed by atoms with Crippen LogP contribution in [0.1, 0.15) is 10.6 Å². The number of hydrogen-bond donors (Lipinski definition) is 1. The predicted octanol–water partition coefficient (Wildman–Crippen LogP) is 1.13. The Morgan fingerprint density at radius 1 is 1.32 bits per heavy atom. The summed E-state index contributed by atoms with van der Waals surface area (Å²) in [4.78, 5) is 24.1. The lowest BCUT2D eigenvalue weighted by Gasteiger charge is -2.36. The van der Waals surface area contributed by atoms with Crippen molar-refractivity contribution in [3.63, 3.8) is 0 Å². The van der Waals surface area contributed by atoms with Gasteiger partial charge < -0.3 is 19.6 Å². The molecular formula is C19H28N6O2S. The molecule has 0 aliphatic carbocycles. The Hall–Kier alpha value is -2.39. The zero-order valence-electron chi connectivity index (χ0n) is 16.5. The highest BCUT2D eigenvalue weighted by molar-refractivity contribution is 7.09. The molecule has 0 aromatic carbocycles. The molecule has 8 nitrogen and oxygen atoms in total. The van der Waals surface area contributed by atoms with Crippen molar-refractivity contribution in [2.45, 2.75) is 13.0 Å². The van der Waals surface area contributed by atoms with Gasteiger partial charge in [-0.3, -0.25) is 9.69 Å². The molecule has 3 heterocycles. The number of guanidine groups is 1. The van der Waals surface area contributed by atoms with Crippen molar-refractivity contribution in [1.82, 2.24) is 25.2 Å². The van der Waals surface area contributed by atoms with E-state index in [0.29, 0.717) is 0 Å². The molecule has 0 saturated carbocycles. The fourth-order valence-corrected chi connectivity index (χ4v) is 3.68. The number of carbonyl (C=O) groups is 1. The highest BCUT2D eigenvalue weighted by atomic mass is 32.1. The molecule has 2 aromatic rings. The molecular weight excluding hydrogens is 376 g/mol. The van der Waals surface area contributed by atoms with Gasteiger partial charge in [0, 0.05) is 64.3 Å². The second-order valence-corrected chi connectivity index (χ2v) is 7.97. The van der Waals surface area contributed by atoms with Crippen molar-refractivity contribution < 1.29 is 9.32 Å². The van der Waals surface area contributed by atoms with Crippen LogP contribution < -0.4 is 5.32 Å². The molecule has 2 aromatic heterocycles. The molecule has 0 unspecified atom stereocenters. The Kier molecular flexibility index (Phi) is 7.44. The Balaban J connectivity index is 1.54. The van der Waals surface area contributed by atoms with E-state index >= 15 is 0 Å². The van der Waals surface area contributed by atoms with E-state index < -0.39 is 0 Å². The van der Waals surface area contributed by atoms with Gasteiger partial charge in [-0.25, -0.2) is 4.99 Å². The Morgan fingerprint density at radius 2 is 2.14 bits per heavy atom. The first-order chi connectivity index (χ1) is 13.6. The first-order valence-electron chi connectivity index (χ1n) is 9.49. The third-order valence-electron chi connectivity index (χ3n) is 4.65. The van der Waals surface area contributed by atoms with E-state index in [4.69, 9.17) is 4.52 Å². The van der Waals surface area contributed by atoms with E-state index in [1.165, 1.54) is 4.88 Å². The van der Waals surface area contributed by atoms with Crippen LogP contribution in [0.3, 0.4) is 0 Å². The van der Waals surface area contributed by atoms with Crippen molar-refractivity contribution in [2.24, 2.45) is 4.99 Å². The van der Waals surface area contributed by atoms with E-state index in [-0.39, 0.29) is 12.5 Å². The van der Waals surface area contributed by atoms with E-state index in [1.807, 2.05) is 6.07 Å². The van der Waals surface area contributed by atoms with E-state index in [2.05, 4.69) is 42.8 Å². The van der Waals surface area contributed by atoms with Crippen molar-refractivity contribution >= 4 is 23.2 Å². The normalized spacial score (nSPS) is 15.6. The Labute approximate surface area is 169 Å². The van der Waals surface area contributed by atoms with E-state index in [9.17, 15) is 4.79 Å². The minimum absolute atomic E-state index is 0.00206. The minimum atomic E-state index is 0.00206. The molecule has 1 fully saturated rings. The maximum Gasteiger partial charge on any atom is 0.243 e. The second kappa shape index (κ2) is 10.2. The lowest BCUT2D eigenvalue weighted by Crippen LogP contribution is -2.52.